The number of rotatable bonds is 3. The van der Waals surface area contributed by atoms with Gasteiger partial charge in [0.25, 0.3) is 0 Å². The second-order valence-corrected chi connectivity index (χ2v) is 8.77. The molecule has 2 heterocycles. The van der Waals surface area contributed by atoms with E-state index in [1.165, 1.54) is 4.90 Å². The predicted molar refractivity (Wildman–Crippen MR) is 117 cm³/mol. The van der Waals surface area contributed by atoms with Gasteiger partial charge in [-0.1, -0.05) is 41.4 Å². The number of nitrogens with one attached hydrogen (secondary N) is 1. The quantitative estimate of drug-likeness (QED) is 0.662. The highest BCUT2D eigenvalue weighted by Gasteiger charge is 2.53. The fourth-order valence-electron chi connectivity index (χ4n) is 4.75. The van der Waals surface area contributed by atoms with Gasteiger partial charge in [0.1, 0.15) is 0 Å². The van der Waals surface area contributed by atoms with Crippen molar-refractivity contribution in [2.24, 2.45) is 11.7 Å². The third kappa shape index (κ3) is 4.07. The zero-order valence-corrected chi connectivity index (χ0v) is 18.1. The summed E-state index contributed by atoms with van der Waals surface area (Å²) in [6.07, 6.45) is -0.177. The highest BCUT2D eigenvalue weighted by atomic mass is 35.5. The Morgan fingerprint density at radius 2 is 1.97 bits per heavy atom. The number of piperidine rings is 1. The third-order valence-corrected chi connectivity index (χ3v) is 6.52. The molecule has 0 aliphatic carbocycles. The van der Waals surface area contributed by atoms with Gasteiger partial charge in [-0.15, -0.1) is 0 Å². The number of benzene rings is 2. The molecule has 2 unspecified atom stereocenters. The molecule has 1 fully saturated rings. The zero-order valence-electron chi connectivity index (χ0n) is 16.6. The highest BCUT2D eigenvalue weighted by Crippen LogP contribution is 2.49. The smallest absolute Gasteiger partial charge is 0.359 e. The first kappa shape index (κ1) is 21.5. The van der Waals surface area contributed by atoms with Gasteiger partial charge in [-0.2, -0.15) is 0 Å². The van der Waals surface area contributed by atoms with Crippen molar-refractivity contribution < 1.29 is 19.1 Å². The van der Waals surface area contributed by atoms with Gasteiger partial charge in [0, 0.05) is 28.8 Å². The average molecular weight is 462 g/mol. The minimum absolute atomic E-state index is 0.153. The van der Waals surface area contributed by atoms with E-state index in [1.54, 1.807) is 18.2 Å². The number of halogens is 2. The van der Waals surface area contributed by atoms with Crippen LogP contribution in [0.25, 0.3) is 0 Å². The first-order chi connectivity index (χ1) is 14.8. The van der Waals surface area contributed by atoms with Gasteiger partial charge in [-0.3, -0.25) is 4.79 Å². The van der Waals surface area contributed by atoms with Gasteiger partial charge in [-0.25, -0.2) is 9.59 Å². The maximum Gasteiger partial charge on any atom is 0.418 e. The van der Waals surface area contributed by atoms with E-state index in [2.05, 4.69) is 10.1 Å². The summed E-state index contributed by atoms with van der Waals surface area (Å²) in [4.78, 5) is 38.3. The summed E-state index contributed by atoms with van der Waals surface area (Å²) in [5.74, 6) is -0.372. The van der Waals surface area contributed by atoms with E-state index < -0.39 is 17.6 Å². The summed E-state index contributed by atoms with van der Waals surface area (Å²) in [6, 6.07) is 12.7. The number of anilines is 1. The largest absolute Gasteiger partial charge is 0.418 e. The number of amides is 3. The van der Waals surface area contributed by atoms with Gasteiger partial charge in [0.2, 0.25) is 5.91 Å². The minimum Gasteiger partial charge on any atom is -0.359 e. The van der Waals surface area contributed by atoms with Crippen LogP contribution in [0.3, 0.4) is 0 Å². The molecule has 0 saturated carbocycles. The normalized spacial score (nSPS) is 22.6. The van der Waals surface area contributed by atoms with Crippen LogP contribution in [0.15, 0.2) is 42.5 Å². The van der Waals surface area contributed by atoms with Crippen molar-refractivity contribution >= 4 is 47.0 Å². The van der Waals surface area contributed by atoms with E-state index >= 15 is 0 Å². The van der Waals surface area contributed by atoms with Crippen molar-refractivity contribution in [3.8, 4) is 0 Å². The van der Waals surface area contributed by atoms with E-state index in [-0.39, 0.29) is 18.4 Å². The van der Waals surface area contributed by atoms with Crippen molar-refractivity contribution in [1.29, 1.82) is 0 Å². The number of ether oxygens (including phenoxy) is 1. The lowest BCUT2D eigenvalue weighted by Gasteiger charge is -2.42. The number of nitrogens with zero attached hydrogens (tertiary/aromatic N) is 1. The van der Waals surface area contributed by atoms with E-state index in [0.717, 1.165) is 17.5 Å². The lowest BCUT2D eigenvalue weighted by molar-refractivity contribution is -0.123. The lowest BCUT2D eigenvalue weighted by atomic mass is 9.65. The Hall–Kier alpha value is -2.77. The zero-order chi connectivity index (χ0) is 22.2. The Labute approximate surface area is 189 Å². The van der Waals surface area contributed by atoms with Gasteiger partial charge in [-0.05, 0) is 60.6 Å². The van der Waals surface area contributed by atoms with Crippen molar-refractivity contribution in [3.63, 3.8) is 0 Å². The molecule has 2 aromatic rings. The first-order valence-corrected chi connectivity index (χ1v) is 10.7. The summed E-state index contributed by atoms with van der Waals surface area (Å²) >= 11 is 12.4. The molecule has 0 spiro atoms. The second-order valence-electron chi connectivity index (χ2n) is 7.89. The van der Waals surface area contributed by atoms with Gasteiger partial charge in [0.15, 0.2) is 0 Å². The van der Waals surface area contributed by atoms with E-state index in [4.69, 9.17) is 28.9 Å². The number of likely N-dealkylation sites (tertiary alicyclic amines) is 1. The summed E-state index contributed by atoms with van der Waals surface area (Å²) in [5, 5.41) is 4.07. The Morgan fingerprint density at radius 3 is 2.71 bits per heavy atom. The lowest BCUT2D eigenvalue weighted by Crippen LogP contribution is -2.52. The van der Waals surface area contributed by atoms with E-state index in [1.807, 2.05) is 24.3 Å². The first-order valence-electron chi connectivity index (χ1n) is 9.92. The minimum atomic E-state index is -1.15. The van der Waals surface area contributed by atoms with Crippen molar-refractivity contribution in [3.05, 3.63) is 63.6 Å². The predicted octanol–water partition coefficient (Wildman–Crippen LogP) is 4.35. The van der Waals surface area contributed by atoms with Crippen molar-refractivity contribution in [2.75, 3.05) is 18.4 Å². The summed E-state index contributed by atoms with van der Waals surface area (Å²) < 4.78 is 4.57. The van der Waals surface area contributed by atoms with Crippen LogP contribution in [0.2, 0.25) is 10.0 Å². The Kier molecular flexibility index (Phi) is 5.81. The third-order valence-electron chi connectivity index (χ3n) is 6.05. The topological polar surface area (TPSA) is 102 Å². The molecule has 162 valence electrons. The number of hydrogen-bond donors (Lipinski definition) is 2. The van der Waals surface area contributed by atoms with E-state index in [0.29, 0.717) is 35.1 Å². The fourth-order valence-corrected chi connectivity index (χ4v) is 5.14. The molecule has 0 aromatic heterocycles. The number of primary amides is 1. The number of carbonyl (C=O) groups excluding carboxylic acids is 3. The van der Waals surface area contributed by atoms with Gasteiger partial charge in [0.05, 0.1) is 5.41 Å². The molecule has 2 aliphatic heterocycles. The number of nitrogens with two attached hydrogens (primary N) is 1. The Bertz CT molecular complexity index is 1060. The Morgan fingerprint density at radius 1 is 1.19 bits per heavy atom. The summed E-state index contributed by atoms with van der Waals surface area (Å²) in [6.45, 7) is 0.674. The molecule has 0 bridgehead atoms. The van der Waals surface area contributed by atoms with Crippen LogP contribution < -0.4 is 11.1 Å². The number of carbonyl (C=O) groups is 3. The van der Waals surface area contributed by atoms with E-state index in [9.17, 15) is 14.4 Å². The monoisotopic (exact) mass is 461 g/mol. The molecular formula is C22H21Cl2N3O4. The standard InChI is InChI=1S/C22H21Cl2N3O4/c23-15-5-1-3-13(9-15)11-22(17-7-6-16(24)10-18(17)26-19(22)28)14-4-2-8-27(12-14)21(30)31-20(25)29/h1,3,5-7,9-10,14H,2,4,8,11-12H2,(H2,25,29)(H,26,28). The molecule has 3 N–H and O–H groups in total. The molecule has 1 saturated heterocycles. The van der Waals surface area contributed by atoms with Crippen LogP contribution >= 0.6 is 23.2 Å². The molecule has 3 amide bonds. The van der Waals surface area contributed by atoms with Crippen LogP contribution in [-0.2, 0) is 21.4 Å². The molecule has 31 heavy (non-hydrogen) atoms. The van der Waals surface area contributed by atoms with Gasteiger partial charge >= 0.3 is 12.2 Å². The fraction of sp³-hybridized carbons (Fsp3) is 0.318. The van der Waals surface area contributed by atoms with Crippen molar-refractivity contribution in [1.82, 2.24) is 4.90 Å². The number of fused-ring (bicyclic) bond motifs is 1. The highest BCUT2D eigenvalue weighted by molar-refractivity contribution is 6.31. The van der Waals surface area contributed by atoms with Crippen LogP contribution in [0.1, 0.15) is 24.0 Å². The molecular weight excluding hydrogens is 441 g/mol. The molecule has 7 nitrogen and oxygen atoms in total. The molecule has 2 aliphatic rings. The molecule has 4 rings (SSSR count). The molecule has 0 radical (unpaired) electrons. The van der Waals surface area contributed by atoms with Crippen LogP contribution in [0.5, 0.6) is 0 Å². The summed E-state index contributed by atoms with van der Waals surface area (Å²) in [5.41, 5.74) is 6.47. The van der Waals surface area contributed by atoms with Crippen molar-refractivity contribution in [2.45, 2.75) is 24.7 Å². The van der Waals surface area contributed by atoms with Crippen LogP contribution in [0.4, 0.5) is 15.3 Å². The maximum atomic E-state index is 13.5. The molecule has 9 heteroatoms. The van der Waals surface area contributed by atoms with Gasteiger partial charge < -0.3 is 20.7 Å². The molecule has 2 atom stereocenters. The van der Waals surface area contributed by atoms with Crippen LogP contribution in [0, 0.1) is 5.92 Å². The Balaban J connectivity index is 1.76. The maximum absolute atomic E-state index is 13.5. The van der Waals surface area contributed by atoms with Crippen LogP contribution in [-0.4, -0.2) is 36.1 Å². The molecule has 2 aromatic carbocycles. The number of hydrogen-bond acceptors (Lipinski definition) is 4. The SMILES string of the molecule is NC(=O)OC(=O)N1CCCC(C2(Cc3cccc(Cl)c3)C(=O)Nc3cc(Cl)ccc32)C1. The second kappa shape index (κ2) is 8.40. The summed E-state index contributed by atoms with van der Waals surface area (Å²) in [7, 11) is 0. The average Bonchev–Trinajstić information content (AvgIpc) is 2.99.